The molecule has 1 heterocycles. The second kappa shape index (κ2) is 7.29. The highest BCUT2D eigenvalue weighted by Crippen LogP contribution is 2.26. The number of ether oxygens (including phenoxy) is 1. The fourth-order valence-corrected chi connectivity index (χ4v) is 3.16. The third kappa shape index (κ3) is 4.92. The molecule has 0 saturated heterocycles. The van der Waals surface area contributed by atoms with E-state index in [9.17, 15) is 14.3 Å². The molecule has 2 aromatic rings. The van der Waals surface area contributed by atoms with Gasteiger partial charge >= 0.3 is 6.09 Å². The molecule has 8 heteroatoms. The lowest BCUT2D eigenvalue weighted by Gasteiger charge is -2.26. The predicted octanol–water partition coefficient (Wildman–Crippen LogP) is 3.47. The predicted molar refractivity (Wildman–Crippen MR) is 97.0 cm³/mol. The molecule has 1 amide bonds. The fraction of sp³-hybridized carbons (Fsp3) is 0.529. The van der Waals surface area contributed by atoms with Gasteiger partial charge in [-0.3, -0.25) is 0 Å². The summed E-state index contributed by atoms with van der Waals surface area (Å²) < 4.78 is 21.1. The first-order chi connectivity index (χ1) is 11.5. The zero-order valence-electron chi connectivity index (χ0n) is 15.0. The Morgan fingerprint density at radius 2 is 2.12 bits per heavy atom. The van der Waals surface area contributed by atoms with E-state index in [0.717, 1.165) is 0 Å². The van der Waals surface area contributed by atoms with Crippen LogP contribution in [0.4, 0.5) is 9.18 Å². The summed E-state index contributed by atoms with van der Waals surface area (Å²) in [6.45, 7) is 7.47. The molecule has 25 heavy (non-hydrogen) atoms. The molecule has 0 spiro atoms. The van der Waals surface area contributed by atoms with Crippen LogP contribution >= 0.6 is 15.9 Å². The van der Waals surface area contributed by atoms with Crippen LogP contribution in [0.2, 0.25) is 0 Å². The van der Waals surface area contributed by atoms with Crippen LogP contribution in [0.5, 0.6) is 0 Å². The van der Waals surface area contributed by atoms with Gasteiger partial charge in [0, 0.05) is 17.6 Å². The van der Waals surface area contributed by atoms with Crippen LogP contribution < -0.4 is 0 Å². The average Bonchev–Trinajstić information content (AvgIpc) is 2.72. The van der Waals surface area contributed by atoms with Gasteiger partial charge in [0.15, 0.2) is 0 Å². The zero-order chi connectivity index (χ0) is 18.9. The normalized spacial score (nSPS) is 13.1. The number of benzene rings is 1. The number of likely N-dealkylation sites (N-methyl/N-ethyl adjacent to an activating group) is 1. The lowest BCUT2D eigenvalue weighted by atomic mass is 10.2. The van der Waals surface area contributed by atoms with Gasteiger partial charge in [-0.2, -0.15) is 0 Å². The van der Waals surface area contributed by atoms with Gasteiger partial charge in [0.25, 0.3) is 0 Å². The average molecular weight is 416 g/mol. The first-order valence-electron chi connectivity index (χ1n) is 7.92. The number of fused-ring (bicyclic) bond motifs is 1. The van der Waals surface area contributed by atoms with Crippen LogP contribution in [-0.2, 0) is 11.3 Å². The smallest absolute Gasteiger partial charge is 0.410 e. The molecule has 0 radical (unpaired) electrons. The summed E-state index contributed by atoms with van der Waals surface area (Å²) in [5.41, 5.74) is 0.623. The molecule has 0 fully saturated rings. The first kappa shape index (κ1) is 19.7. The summed E-state index contributed by atoms with van der Waals surface area (Å²) >= 11 is 3.34. The number of amides is 1. The van der Waals surface area contributed by atoms with Crippen molar-refractivity contribution in [3.8, 4) is 0 Å². The number of aromatic nitrogens is 2. The maximum atomic E-state index is 13.5. The molecular formula is C17H23BrFN3O3. The molecule has 0 unspecified atom stereocenters. The summed E-state index contributed by atoms with van der Waals surface area (Å²) in [6.07, 6.45) is -1.33. The van der Waals surface area contributed by atoms with Crippen molar-refractivity contribution in [3.63, 3.8) is 0 Å². The summed E-state index contributed by atoms with van der Waals surface area (Å²) in [4.78, 5) is 17.7. The minimum Gasteiger partial charge on any atom is -0.444 e. The Morgan fingerprint density at radius 3 is 2.72 bits per heavy atom. The van der Waals surface area contributed by atoms with Crippen molar-refractivity contribution in [1.82, 2.24) is 14.5 Å². The van der Waals surface area contributed by atoms with Crippen LogP contribution in [0.15, 0.2) is 16.6 Å². The third-order valence-corrected chi connectivity index (χ3v) is 4.14. The highest BCUT2D eigenvalue weighted by atomic mass is 79.9. The number of hydrogen-bond acceptors (Lipinski definition) is 4. The number of aliphatic hydroxyl groups is 1. The summed E-state index contributed by atoms with van der Waals surface area (Å²) in [6, 6.07) is 2.71. The highest BCUT2D eigenvalue weighted by molar-refractivity contribution is 9.10. The Morgan fingerprint density at radius 1 is 1.48 bits per heavy atom. The van der Waals surface area contributed by atoms with E-state index in [4.69, 9.17) is 4.74 Å². The molecule has 0 aliphatic heterocycles. The van der Waals surface area contributed by atoms with Crippen LogP contribution in [-0.4, -0.2) is 50.9 Å². The third-order valence-electron chi connectivity index (χ3n) is 3.53. The molecule has 0 saturated carbocycles. The molecular weight excluding hydrogens is 393 g/mol. The maximum absolute atomic E-state index is 13.5. The van der Waals surface area contributed by atoms with E-state index in [2.05, 4.69) is 20.9 Å². The number of carbonyl (C=O) groups excluding carboxylic acids is 1. The zero-order valence-corrected chi connectivity index (χ0v) is 16.6. The molecule has 0 aliphatic carbocycles. The number of rotatable bonds is 4. The van der Waals surface area contributed by atoms with Gasteiger partial charge in [0.2, 0.25) is 0 Å². The highest BCUT2D eigenvalue weighted by Gasteiger charge is 2.22. The minimum absolute atomic E-state index is 0.104. The van der Waals surface area contributed by atoms with Gasteiger partial charge in [0.1, 0.15) is 17.2 Å². The Labute approximate surface area is 154 Å². The van der Waals surface area contributed by atoms with Gasteiger partial charge in [-0.25, -0.2) is 14.2 Å². The molecule has 1 aromatic heterocycles. The number of imidazole rings is 1. The second-order valence-electron chi connectivity index (χ2n) is 7.04. The summed E-state index contributed by atoms with van der Waals surface area (Å²) in [5, 5.41) is 10.4. The van der Waals surface area contributed by atoms with E-state index >= 15 is 0 Å². The number of aryl methyl sites for hydroxylation is 1. The quantitative estimate of drug-likeness (QED) is 0.829. The van der Waals surface area contributed by atoms with Crippen molar-refractivity contribution in [1.29, 1.82) is 0 Å². The van der Waals surface area contributed by atoms with Crippen molar-refractivity contribution in [2.24, 2.45) is 0 Å². The fourth-order valence-electron chi connectivity index (χ4n) is 2.52. The topological polar surface area (TPSA) is 67.6 Å². The van der Waals surface area contributed by atoms with E-state index in [-0.39, 0.29) is 18.9 Å². The maximum Gasteiger partial charge on any atom is 0.410 e. The SMILES string of the molecule is Cc1nc2cc(F)cc(Br)c2n1C[C@@H](O)CN(C)C(=O)OC(C)(C)C. The van der Waals surface area contributed by atoms with E-state index in [1.54, 1.807) is 39.3 Å². The molecule has 0 aliphatic rings. The van der Waals surface area contributed by atoms with Crippen LogP contribution in [0.3, 0.4) is 0 Å². The molecule has 1 N–H and O–H groups in total. The van der Waals surface area contributed by atoms with Gasteiger partial charge in [-0.15, -0.1) is 0 Å². The van der Waals surface area contributed by atoms with Gasteiger partial charge < -0.3 is 19.3 Å². The molecule has 1 atom stereocenters. The van der Waals surface area contributed by atoms with Crippen molar-refractivity contribution >= 4 is 33.1 Å². The van der Waals surface area contributed by atoms with Crippen molar-refractivity contribution in [3.05, 3.63) is 28.2 Å². The number of nitrogens with zero attached hydrogens (tertiary/aromatic N) is 3. The number of carbonyl (C=O) groups is 1. The van der Waals surface area contributed by atoms with E-state index in [1.807, 2.05) is 0 Å². The summed E-state index contributed by atoms with van der Waals surface area (Å²) in [5.74, 6) is 0.273. The van der Waals surface area contributed by atoms with Gasteiger partial charge in [-0.05, 0) is 49.7 Å². The van der Waals surface area contributed by atoms with Crippen LogP contribution in [0.25, 0.3) is 11.0 Å². The first-order valence-corrected chi connectivity index (χ1v) is 8.71. The molecule has 2 rings (SSSR count). The Kier molecular flexibility index (Phi) is 5.73. The van der Waals surface area contributed by atoms with Crippen molar-refractivity contribution < 1.29 is 19.0 Å². The number of halogens is 2. The van der Waals surface area contributed by atoms with E-state index in [1.165, 1.54) is 17.0 Å². The minimum atomic E-state index is -0.828. The molecule has 1 aromatic carbocycles. The Bertz CT molecular complexity index is 786. The largest absolute Gasteiger partial charge is 0.444 e. The van der Waals surface area contributed by atoms with Gasteiger partial charge in [0.05, 0.1) is 30.2 Å². The monoisotopic (exact) mass is 415 g/mol. The number of hydrogen-bond donors (Lipinski definition) is 1. The molecule has 6 nitrogen and oxygen atoms in total. The van der Waals surface area contributed by atoms with E-state index < -0.39 is 17.8 Å². The van der Waals surface area contributed by atoms with Crippen LogP contribution in [0, 0.1) is 12.7 Å². The Balaban J connectivity index is 2.13. The lowest BCUT2D eigenvalue weighted by molar-refractivity contribution is 0.0191. The van der Waals surface area contributed by atoms with Gasteiger partial charge in [-0.1, -0.05) is 0 Å². The standard InChI is InChI=1S/C17H23BrFN3O3/c1-10-20-14-7-11(19)6-13(18)15(14)22(10)9-12(23)8-21(5)16(24)25-17(2,3)4/h6-7,12,23H,8-9H2,1-5H3/t12-/m0/s1. The lowest BCUT2D eigenvalue weighted by Crippen LogP contribution is -2.39. The van der Waals surface area contributed by atoms with E-state index in [0.29, 0.717) is 21.3 Å². The number of aliphatic hydroxyl groups excluding tert-OH is 1. The molecule has 138 valence electrons. The van der Waals surface area contributed by atoms with Crippen LogP contribution in [0.1, 0.15) is 26.6 Å². The second-order valence-corrected chi connectivity index (χ2v) is 7.89. The Hall–Kier alpha value is -1.67. The summed E-state index contributed by atoms with van der Waals surface area (Å²) in [7, 11) is 1.57. The van der Waals surface area contributed by atoms with Crippen molar-refractivity contribution in [2.45, 2.75) is 45.9 Å². The van der Waals surface area contributed by atoms with Crippen molar-refractivity contribution in [2.75, 3.05) is 13.6 Å². The molecule has 0 bridgehead atoms.